The molecule has 0 atom stereocenters. The van der Waals surface area contributed by atoms with Gasteiger partial charge in [0.2, 0.25) is 5.91 Å². The summed E-state index contributed by atoms with van der Waals surface area (Å²) in [5.41, 5.74) is 5.80. The van der Waals surface area contributed by atoms with Crippen molar-refractivity contribution in [1.82, 2.24) is 9.78 Å². The van der Waals surface area contributed by atoms with Gasteiger partial charge in [-0.25, -0.2) is 0 Å². The standard InChI is InChI=1S/C18H14ClN3O/c1-22-10-13(9-20-22)15-4-2-3-14(18(15)19)11-5-6-16-12(7-11)8-17(23)21-16/h2-7,9-10H,8H2,1H3,(H,21,23). The molecule has 1 amide bonds. The van der Waals surface area contributed by atoms with Crippen LogP contribution in [0.4, 0.5) is 5.69 Å². The molecule has 1 aliphatic rings. The normalized spacial score (nSPS) is 13.0. The van der Waals surface area contributed by atoms with E-state index in [2.05, 4.69) is 10.4 Å². The molecule has 2 aromatic carbocycles. The van der Waals surface area contributed by atoms with Gasteiger partial charge in [0.1, 0.15) is 0 Å². The lowest BCUT2D eigenvalue weighted by Gasteiger charge is -2.10. The zero-order valence-corrected chi connectivity index (χ0v) is 13.3. The van der Waals surface area contributed by atoms with Crippen LogP contribution in [0.3, 0.4) is 0 Å². The van der Waals surface area contributed by atoms with Gasteiger partial charge in [-0.2, -0.15) is 5.10 Å². The number of hydrogen-bond acceptors (Lipinski definition) is 2. The molecule has 0 bridgehead atoms. The summed E-state index contributed by atoms with van der Waals surface area (Å²) in [7, 11) is 1.88. The number of benzene rings is 2. The summed E-state index contributed by atoms with van der Waals surface area (Å²) in [6.07, 6.45) is 4.16. The lowest BCUT2D eigenvalue weighted by molar-refractivity contribution is -0.115. The molecule has 0 radical (unpaired) electrons. The first-order chi connectivity index (χ1) is 11.1. The Morgan fingerprint density at radius 3 is 2.70 bits per heavy atom. The lowest BCUT2D eigenvalue weighted by Crippen LogP contribution is -2.03. The van der Waals surface area contributed by atoms with E-state index in [0.717, 1.165) is 33.5 Å². The van der Waals surface area contributed by atoms with Crippen molar-refractivity contribution < 1.29 is 4.79 Å². The highest BCUT2D eigenvalue weighted by Crippen LogP contribution is 2.38. The second kappa shape index (κ2) is 5.25. The van der Waals surface area contributed by atoms with E-state index in [0.29, 0.717) is 11.4 Å². The van der Waals surface area contributed by atoms with Crippen LogP contribution >= 0.6 is 11.6 Å². The molecule has 4 nitrogen and oxygen atoms in total. The van der Waals surface area contributed by atoms with Crippen LogP contribution in [0.25, 0.3) is 22.3 Å². The Kier molecular flexibility index (Phi) is 3.20. The van der Waals surface area contributed by atoms with Gasteiger partial charge in [-0.15, -0.1) is 0 Å². The third-order valence-corrected chi connectivity index (χ3v) is 4.46. The van der Waals surface area contributed by atoms with Crippen LogP contribution in [-0.4, -0.2) is 15.7 Å². The van der Waals surface area contributed by atoms with E-state index in [1.807, 2.05) is 49.6 Å². The van der Waals surface area contributed by atoms with Gasteiger partial charge >= 0.3 is 0 Å². The zero-order chi connectivity index (χ0) is 16.0. The molecule has 5 heteroatoms. The summed E-state index contributed by atoms with van der Waals surface area (Å²) in [4.78, 5) is 11.5. The number of aryl methyl sites for hydroxylation is 1. The van der Waals surface area contributed by atoms with Gasteiger partial charge in [0.05, 0.1) is 17.6 Å². The third-order valence-electron chi connectivity index (χ3n) is 4.06. The number of nitrogens with zero attached hydrogens (tertiary/aromatic N) is 2. The number of fused-ring (bicyclic) bond motifs is 1. The molecule has 2 heterocycles. The van der Waals surface area contributed by atoms with Crippen molar-refractivity contribution in [2.24, 2.45) is 7.05 Å². The smallest absolute Gasteiger partial charge is 0.228 e. The monoisotopic (exact) mass is 323 g/mol. The maximum atomic E-state index is 11.5. The quantitative estimate of drug-likeness (QED) is 0.777. The fourth-order valence-electron chi connectivity index (χ4n) is 2.94. The molecule has 4 rings (SSSR count). The summed E-state index contributed by atoms with van der Waals surface area (Å²) in [6.45, 7) is 0. The Hall–Kier alpha value is -2.59. The maximum absolute atomic E-state index is 11.5. The van der Waals surface area contributed by atoms with Crippen molar-refractivity contribution >= 4 is 23.2 Å². The fourth-order valence-corrected chi connectivity index (χ4v) is 3.28. The lowest BCUT2D eigenvalue weighted by atomic mass is 9.98. The highest BCUT2D eigenvalue weighted by Gasteiger charge is 2.19. The first-order valence-electron chi connectivity index (χ1n) is 7.32. The van der Waals surface area contributed by atoms with Crippen molar-refractivity contribution in [2.45, 2.75) is 6.42 Å². The topological polar surface area (TPSA) is 46.9 Å². The predicted molar refractivity (Wildman–Crippen MR) is 91.4 cm³/mol. The molecule has 3 aromatic rings. The summed E-state index contributed by atoms with van der Waals surface area (Å²) >= 11 is 6.65. The average Bonchev–Trinajstić information content (AvgIpc) is 3.11. The van der Waals surface area contributed by atoms with Crippen molar-refractivity contribution in [3.63, 3.8) is 0 Å². The van der Waals surface area contributed by atoms with E-state index < -0.39 is 0 Å². The van der Waals surface area contributed by atoms with Gasteiger partial charge in [0.25, 0.3) is 0 Å². The van der Waals surface area contributed by atoms with Crippen LogP contribution in [0.15, 0.2) is 48.8 Å². The van der Waals surface area contributed by atoms with Crippen LogP contribution < -0.4 is 5.32 Å². The highest BCUT2D eigenvalue weighted by molar-refractivity contribution is 6.36. The van der Waals surface area contributed by atoms with Crippen molar-refractivity contribution in [1.29, 1.82) is 0 Å². The minimum atomic E-state index is 0.0346. The fraction of sp³-hybridized carbons (Fsp3) is 0.111. The first kappa shape index (κ1) is 14.0. The highest BCUT2D eigenvalue weighted by atomic mass is 35.5. The Labute approximate surface area is 138 Å². The molecule has 114 valence electrons. The summed E-state index contributed by atoms with van der Waals surface area (Å²) in [6, 6.07) is 11.9. The maximum Gasteiger partial charge on any atom is 0.228 e. The second-order valence-corrected chi connectivity index (χ2v) is 6.04. The zero-order valence-electron chi connectivity index (χ0n) is 12.5. The van der Waals surface area contributed by atoms with Crippen LogP contribution in [-0.2, 0) is 18.3 Å². The van der Waals surface area contributed by atoms with Gasteiger partial charge in [-0.3, -0.25) is 9.48 Å². The summed E-state index contributed by atoms with van der Waals surface area (Å²) in [5.74, 6) is 0.0346. The Balaban J connectivity index is 1.81. The first-order valence-corrected chi connectivity index (χ1v) is 7.70. The number of rotatable bonds is 2. The van der Waals surface area contributed by atoms with Crippen molar-refractivity contribution in [2.75, 3.05) is 5.32 Å². The van der Waals surface area contributed by atoms with Gasteiger partial charge in [-0.1, -0.05) is 35.9 Å². The molecule has 0 saturated heterocycles. The number of hydrogen-bond donors (Lipinski definition) is 1. The van der Waals surface area contributed by atoms with Gasteiger partial charge in [-0.05, 0) is 23.3 Å². The minimum absolute atomic E-state index is 0.0346. The summed E-state index contributed by atoms with van der Waals surface area (Å²) < 4.78 is 1.75. The molecular weight excluding hydrogens is 310 g/mol. The van der Waals surface area contributed by atoms with E-state index in [4.69, 9.17) is 11.6 Å². The van der Waals surface area contributed by atoms with Gasteiger partial charge < -0.3 is 5.32 Å². The molecule has 0 unspecified atom stereocenters. The molecule has 0 fully saturated rings. The number of aromatic nitrogens is 2. The Morgan fingerprint density at radius 1 is 1.17 bits per heavy atom. The number of carbonyl (C=O) groups excluding carboxylic acids is 1. The molecule has 0 saturated carbocycles. The van der Waals surface area contributed by atoms with E-state index >= 15 is 0 Å². The molecular formula is C18H14ClN3O. The number of amides is 1. The minimum Gasteiger partial charge on any atom is -0.326 e. The third kappa shape index (κ3) is 2.41. The van der Waals surface area contributed by atoms with Gasteiger partial charge in [0, 0.05) is 35.6 Å². The van der Waals surface area contributed by atoms with E-state index in [-0.39, 0.29) is 5.91 Å². The van der Waals surface area contributed by atoms with Crippen LogP contribution in [0.5, 0.6) is 0 Å². The number of nitrogens with one attached hydrogen (secondary N) is 1. The largest absolute Gasteiger partial charge is 0.326 e. The Morgan fingerprint density at radius 2 is 1.96 bits per heavy atom. The summed E-state index contributed by atoms with van der Waals surface area (Å²) in [5, 5.41) is 7.74. The molecule has 23 heavy (non-hydrogen) atoms. The average molecular weight is 324 g/mol. The molecule has 1 aromatic heterocycles. The van der Waals surface area contributed by atoms with E-state index in [1.165, 1.54) is 0 Å². The van der Waals surface area contributed by atoms with Crippen LogP contribution in [0.1, 0.15) is 5.56 Å². The molecule has 0 aliphatic carbocycles. The number of carbonyl (C=O) groups is 1. The molecule has 0 spiro atoms. The predicted octanol–water partition coefficient (Wildman–Crippen LogP) is 3.90. The Bertz CT molecular complexity index is 930. The second-order valence-electron chi connectivity index (χ2n) is 5.67. The van der Waals surface area contributed by atoms with E-state index in [9.17, 15) is 4.79 Å². The van der Waals surface area contributed by atoms with Gasteiger partial charge in [0.15, 0.2) is 0 Å². The number of halogens is 1. The molecule has 1 aliphatic heterocycles. The number of anilines is 1. The van der Waals surface area contributed by atoms with Crippen molar-refractivity contribution in [3.8, 4) is 22.3 Å². The van der Waals surface area contributed by atoms with Crippen LogP contribution in [0, 0.1) is 0 Å². The molecule has 1 N–H and O–H groups in total. The van der Waals surface area contributed by atoms with Crippen LogP contribution in [0.2, 0.25) is 5.02 Å². The SMILES string of the molecule is Cn1cc(-c2cccc(-c3ccc4c(c3)CC(=O)N4)c2Cl)cn1. The van der Waals surface area contributed by atoms with Crippen molar-refractivity contribution in [3.05, 3.63) is 59.4 Å². The van der Waals surface area contributed by atoms with E-state index in [1.54, 1.807) is 10.9 Å².